The molecule has 1 N–H and O–H groups in total. The van der Waals surface area contributed by atoms with Crippen molar-refractivity contribution in [1.29, 1.82) is 0 Å². The van der Waals surface area contributed by atoms with Crippen LogP contribution in [0.4, 0.5) is 5.69 Å². The molecule has 3 aromatic rings. The number of rotatable bonds is 7. The average Bonchev–Trinajstić information content (AvgIpc) is 2.66. The molecule has 0 heterocycles. The van der Waals surface area contributed by atoms with Crippen LogP contribution in [0.25, 0.3) is 10.8 Å². The number of benzene rings is 3. The summed E-state index contributed by atoms with van der Waals surface area (Å²) in [4.78, 5) is 12.3. The van der Waals surface area contributed by atoms with Crippen molar-refractivity contribution in [3.63, 3.8) is 0 Å². The molecule has 0 bridgehead atoms. The summed E-state index contributed by atoms with van der Waals surface area (Å²) in [7, 11) is 0. The molecule has 0 unspecified atom stereocenters. The first kappa shape index (κ1) is 19.4. The molecule has 0 saturated carbocycles. The number of fused-ring (bicyclic) bond motifs is 1. The quantitative estimate of drug-likeness (QED) is 0.437. The van der Waals surface area contributed by atoms with Crippen molar-refractivity contribution in [2.75, 3.05) is 11.9 Å². The highest BCUT2D eigenvalue weighted by Gasteiger charge is 2.08. The predicted molar refractivity (Wildman–Crippen MR) is 116 cm³/mol. The molecule has 1 amide bonds. The van der Waals surface area contributed by atoms with Gasteiger partial charge in [0, 0.05) is 17.5 Å². The Hall–Kier alpha value is -2.33. The van der Waals surface area contributed by atoms with Crippen molar-refractivity contribution in [1.82, 2.24) is 0 Å². The lowest BCUT2D eigenvalue weighted by Crippen LogP contribution is -2.13. The van der Waals surface area contributed by atoms with Crippen molar-refractivity contribution in [3.8, 4) is 5.75 Å². The van der Waals surface area contributed by atoms with Crippen LogP contribution in [0.15, 0.2) is 65.1 Å². The van der Waals surface area contributed by atoms with Gasteiger partial charge in [-0.15, -0.1) is 0 Å². The summed E-state index contributed by atoms with van der Waals surface area (Å²) < 4.78 is 6.77. The van der Waals surface area contributed by atoms with Gasteiger partial charge in [-0.3, -0.25) is 4.79 Å². The van der Waals surface area contributed by atoms with Crippen molar-refractivity contribution in [2.45, 2.75) is 32.6 Å². The van der Waals surface area contributed by atoms with Gasteiger partial charge in [0.2, 0.25) is 5.91 Å². The zero-order valence-electron chi connectivity index (χ0n) is 15.7. The Bertz CT molecular complexity index is 931. The Morgan fingerprint density at radius 3 is 2.63 bits per heavy atom. The first-order chi connectivity index (χ1) is 13.0. The second-order valence-corrected chi connectivity index (χ2v) is 7.73. The lowest BCUT2D eigenvalue weighted by atomic mass is 10.0. The van der Waals surface area contributed by atoms with Crippen LogP contribution < -0.4 is 10.1 Å². The number of anilines is 1. The van der Waals surface area contributed by atoms with Gasteiger partial charge in [0.25, 0.3) is 0 Å². The van der Waals surface area contributed by atoms with E-state index < -0.39 is 0 Å². The molecule has 0 saturated heterocycles. The van der Waals surface area contributed by atoms with Gasteiger partial charge in [-0.2, -0.15) is 0 Å². The van der Waals surface area contributed by atoms with Crippen molar-refractivity contribution >= 4 is 38.3 Å². The maximum Gasteiger partial charge on any atom is 0.224 e. The number of halogens is 1. The van der Waals surface area contributed by atoms with Crippen molar-refractivity contribution in [3.05, 3.63) is 70.7 Å². The lowest BCUT2D eigenvalue weighted by Gasteiger charge is -2.12. The zero-order valence-corrected chi connectivity index (χ0v) is 17.3. The number of carbonyl (C=O) groups is 1. The van der Waals surface area contributed by atoms with E-state index in [4.69, 9.17) is 4.74 Å². The molecule has 0 aliphatic carbocycles. The van der Waals surface area contributed by atoms with E-state index in [1.54, 1.807) is 0 Å². The van der Waals surface area contributed by atoms with Crippen LogP contribution >= 0.6 is 15.9 Å². The Balaban J connectivity index is 1.50. The van der Waals surface area contributed by atoms with Crippen LogP contribution in [0.2, 0.25) is 0 Å². The summed E-state index contributed by atoms with van der Waals surface area (Å²) in [6.07, 6.45) is 1.08. The highest BCUT2D eigenvalue weighted by molar-refractivity contribution is 9.10. The minimum Gasteiger partial charge on any atom is -0.492 e. The van der Waals surface area contributed by atoms with Crippen LogP contribution in [0.5, 0.6) is 5.75 Å². The van der Waals surface area contributed by atoms with Crippen LogP contribution in [0.3, 0.4) is 0 Å². The molecule has 3 nitrogen and oxygen atoms in total. The third-order valence-corrected chi connectivity index (χ3v) is 5.11. The summed E-state index contributed by atoms with van der Waals surface area (Å²) >= 11 is 3.56. The predicted octanol–water partition coefficient (Wildman–Crippen LogP) is 6.52. The molecule has 3 aromatic carbocycles. The van der Waals surface area contributed by atoms with Crippen molar-refractivity contribution in [2.24, 2.45) is 0 Å². The van der Waals surface area contributed by atoms with Crippen LogP contribution in [0, 0.1) is 0 Å². The molecule has 0 radical (unpaired) electrons. The largest absolute Gasteiger partial charge is 0.492 e. The maximum absolute atomic E-state index is 12.3. The molecule has 0 atom stereocenters. The topological polar surface area (TPSA) is 38.3 Å². The number of nitrogens with one attached hydrogen (secondary N) is 1. The summed E-state index contributed by atoms with van der Waals surface area (Å²) in [5, 5.41) is 5.18. The third kappa shape index (κ3) is 5.10. The first-order valence-corrected chi connectivity index (χ1v) is 10.0. The molecule has 27 heavy (non-hydrogen) atoms. The van der Waals surface area contributed by atoms with E-state index >= 15 is 0 Å². The summed E-state index contributed by atoms with van der Waals surface area (Å²) in [5.41, 5.74) is 2.12. The summed E-state index contributed by atoms with van der Waals surface area (Å²) in [5.74, 6) is 1.30. The van der Waals surface area contributed by atoms with Crippen LogP contribution in [-0.2, 0) is 4.79 Å². The highest BCUT2D eigenvalue weighted by atomic mass is 79.9. The molecule has 0 aliphatic heterocycles. The second kappa shape index (κ2) is 9.05. The van der Waals surface area contributed by atoms with E-state index in [9.17, 15) is 4.79 Å². The standard InChI is InChI=1S/C23H24BrNO2/c1-16(2)18-12-13-22(20(24)15-18)27-14-6-11-23(26)25-21-10-5-8-17-7-3-4-9-19(17)21/h3-5,7-10,12-13,15-16H,6,11,14H2,1-2H3,(H,25,26). The zero-order chi connectivity index (χ0) is 19.2. The van der Waals surface area contributed by atoms with Gasteiger partial charge in [0.05, 0.1) is 11.1 Å². The van der Waals surface area contributed by atoms with Crippen molar-refractivity contribution < 1.29 is 9.53 Å². The van der Waals surface area contributed by atoms with Gasteiger partial charge in [0.1, 0.15) is 5.75 Å². The maximum atomic E-state index is 12.3. The van der Waals surface area contributed by atoms with E-state index in [1.807, 2.05) is 48.5 Å². The molecule has 0 fully saturated rings. The van der Waals surface area contributed by atoms with E-state index in [1.165, 1.54) is 5.56 Å². The third-order valence-electron chi connectivity index (χ3n) is 4.49. The molecule has 0 aromatic heterocycles. The smallest absolute Gasteiger partial charge is 0.224 e. The fourth-order valence-electron chi connectivity index (χ4n) is 2.96. The average molecular weight is 426 g/mol. The molecule has 0 aliphatic rings. The van der Waals surface area contributed by atoms with E-state index in [0.29, 0.717) is 25.4 Å². The second-order valence-electron chi connectivity index (χ2n) is 6.87. The minimum absolute atomic E-state index is 0.00387. The van der Waals surface area contributed by atoms with Gasteiger partial charge < -0.3 is 10.1 Å². The molecular weight excluding hydrogens is 402 g/mol. The Morgan fingerprint density at radius 2 is 1.85 bits per heavy atom. The van der Waals surface area contributed by atoms with Crippen LogP contribution in [-0.4, -0.2) is 12.5 Å². The minimum atomic E-state index is 0.00387. The van der Waals surface area contributed by atoms with Gasteiger partial charge in [0.15, 0.2) is 0 Å². The Morgan fingerprint density at radius 1 is 1.07 bits per heavy atom. The number of carbonyl (C=O) groups excluding carboxylic acids is 1. The van der Waals surface area contributed by atoms with Gasteiger partial charge >= 0.3 is 0 Å². The monoisotopic (exact) mass is 425 g/mol. The van der Waals surface area contributed by atoms with Crippen LogP contribution in [0.1, 0.15) is 38.2 Å². The molecule has 4 heteroatoms. The SMILES string of the molecule is CC(C)c1ccc(OCCCC(=O)Nc2cccc3ccccc23)c(Br)c1. The number of hydrogen-bond donors (Lipinski definition) is 1. The van der Waals surface area contributed by atoms with Gasteiger partial charge in [-0.1, -0.05) is 56.3 Å². The fraction of sp³-hybridized carbons (Fsp3) is 0.261. The van der Waals surface area contributed by atoms with E-state index in [2.05, 4.69) is 47.2 Å². The van der Waals surface area contributed by atoms with Gasteiger partial charge in [-0.25, -0.2) is 0 Å². The molecule has 0 spiro atoms. The normalized spacial score (nSPS) is 11.0. The Labute approximate surface area is 168 Å². The molecular formula is C23H24BrNO2. The molecule has 3 rings (SSSR count). The summed E-state index contributed by atoms with van der Waals surface area (Å²) in [6.45, 7) is 4.83. The number of hydrogen-bond acceptors (Lipinski definition) is 2. The summed E-state index contributed by atoms with van der Waals surface area (Å²) in [6, 6.07) is 20.1. The first-order valence-electron chi connectivity index (χ1n) is 9.24. The molecule has 140 valence electrons. The fourth-order valence-corrected chi connectivity index (χ4v) is 3.47. The Kier molecular flexibility index (Phi) is 6.51. The van der Waals surface area contributed by atoms with Gasteiger partial charge in [-0.05, 0) is 57.4 Å². The van der Waals surface area contributed by atoms with E-state index in [-0.39, 0.29) is 5.91 Å². The highest BCUT2D eigenvalue weighted by Crippen LogP contribution is 2.29. The lowest BCUT2D eigenvalue weighted by molar-refractivity contribution is -0.116. The number of ether oxygens (including phenoxy) is 1. The van der Waals surface area contributed by atoms with E-state index in [0.717, 1.165) is 26.7 Å². The number of amides is 1.